The number of carbonyl (C=O) groups is 1. The monoisotopic (exact) mass is 283 g/mol. The molecule has 6 nitrogen and oxygen atoms in total. The molecule has 1 aromatic heterocycles. The Balaban J connectivity index is 2.00. The van der Waals surface area contributed by atoms with Crippen molar-refractivity contribution in [3.05, 3.63) is 36.4 Å². The fourth-order valence-corrected chi connectivity index (χ4v) is 2.65. The summed E-state index contributed by atoms with van der Waals surface area (Å²) in [5.74, 6) is 1.27. The van der Waals surface area contributed by atoms with E-state index >= 15 is 0 Å². The zero-order valence-corrected chi connectivity index (χ0v) is 11.6. The molecule has 2 aromatic rings. The van der Waals surface area contributed by atoms with Crippen molar-refractivity contribution in [2.45, 2.75) is 18.9 Å². The van der Waals surface area contributed by atoms with Crippen LogP contribution in [-0.4, -0.2) is 28.5 Å². The first-order valence-electron chi connectivity index (χ1n) is 6.91. The minimum absolute atomic E-state index is 0.317. The van der Waals surface area contributed by atoms with Crippen LogP contribution < -0.4 is 16.4 Å². The third kappa shape index (κ3) is 2.65. The number of nitrogens with zero attached hydrogens (tertiary/aromatic N) is 3. The molecule has 1 saturated heterocycles. The summed E-state index contributed by atoms with van der Waals surface area (Å²) in [6.07, 6.45) is 1.66. The van der Waals surface area contributed by atoms with Gasteiger partial charge in [-0.3, -0.25) is 4.79 Å². The van der Waals surface area contributed by atoms with E-state index in [-0.39, 0.29) is 11.9 Å². The highest BCUT2D eigenvalue weighted by atomic mass is 16.1. The molecule has 6 heteroatoms. The number of amides is 1. The van der Waals surface area contributed by atoms with Crippen LogP contribution in [0.5, 0.6) is 0 Å². The van der Waals surface area contributed by atoms with Crippen molar-refractivity contribution < 1.29 is 4.79 Å². The van der Waals surface area contributed by atoms with Crippen LogP contribution in [0.25, 0.3) is 11.4 Å². The normalized spacial score (nSPS) is 17.9. The zero-order chi connectivity index (χ0) is 14.8. The Bertz CT molecular complexity index is 658. The Morgan fingerprint density at radius 3 is 2.71 bits per heavy atom. The summed E-state index contributed by atoms with van der Waals surface area (Å²) >= 11 is 0. The molecule has 1 aliphatic heterocycles. The molecule has 108 valence electrons. The largest absolute Gasteiger partial charge is 0.384 e. The van der Waals surface area contributed by atoms with Crippen molar-refractivity contribution in [1.82, 2.24) is 9.97 Å². The number of nitrogen functional groups attached to an aromatic ring is 1. The van der Waals surface area contributed by atoms with Crippen LogP contribution in [0.2, 0.25) is 0 Å². The van der Waals surface area contributed by atoms with E-state index in [1.807, 2.05) is 35.2 Å². The van der Waals surface area contributed by atoms with Gasteiger partial charge in [0.25, 0.3) is 0 Å². The average Bonchev–Trinajstić information content (AvgIpc) is 2.97. The number of hydrogen-bond acceptors (Lipinski definition) is 5. The molecule has 0 saturated carbocycles. The molecule has 1 atom stereocenters. The molecule has 4 N–H and O–H groups in total. The Hall–Kier alpha value is -2.63. The first kappa shape index (κ1) is 13.4. The third-order valence-corrected chi connectivity index (χ3v) is 3.64. The maximum Gasteiger partial charge on any atom is 0.240 e. The van der Waals surface area contributed by atoms with Crippen molar-refractivity contribution in [3.8, 4) is 11.4 Å². The number of carbonyl (C=O) groups excluding carboxylic acids is 1. The van der Waals surface area contributed by atoms with Crippen LogP contribution in [0.1, 0.15) is 12.8 Å². The lowest BCUT2D eigenvalue weighted by atomic mass is 10.2. The Morgan fingerprint density at radius 1 is 1.24 bits per heavy atom. The second-order valence-corrected chi connectivity index (χ2v) is 5.09. The van der Waals surface area contributed by atoms with Gasteiger partial charge in [0.2, 0.25) is 5.91 Å². The average molecular weight is 283 g/mol. The Labute approximate surface area is 122 Å². The SMILES string of the molecule is NC(=O)C1CCCN1c1cc(N)nc(-c2ccccc2)n1. The fraction of sp³-hybridized carbons (Fsp3) is 0.267. The molecule has 3 rings (SSSR count). The van der Waals surface area contributed by atoms with Gasteiger partial charge in [0.1, 0.15) is 17.7 Å². The van der Waals surface area contributed by atoms with E-state index in [1.165, 1.54) is 0 Å². The fourth-order valence-electron chi connectivity index (χ4n) is 2.65. The molecule has 2 heterocycles. The maximum absolute atomic E-state index is 11.5. The smallest absolute Gasteiger partial charge is 0.240 e. The molecule has 0 aliphatic carbocycles. The van der Waals surface area contributed by atoms with Crippen molar-refractivity contribution in [3.63, 3.8) is 0 Å². The minimum Gasteiger partial charge on any atom is -0.384 e. The summed E-state index contributed by atoms with van der Waals surface area (Å²) in [4.78, 5) is 22.3. The molecule has 1 aromatic carbocycles. The van der Waals surface area contributed by atoms with Crippen molar-refractivity contribution in [1.29, 1.82) is 0 Å². The lowest BCUT2D eigenvalue weighted by Gasteiger charge is -2.23. The molecule has 0 bridgehead atoms. The van der Waals surface area contributed by atoms with E-state index in [0.717, 1.165) is 24.9 Å². The van der Waals surface area contributed by atoms with Gasteiger partial charge in [-0.2, -0.15) is 0 Å². The number of anilines is 2. The van der Waals surface area contributed by atoms with Crippen molar-refractivity contribution in [2.75, 3.05) is 17.2 Å². The number of benzene rings is 1. The predicted octanol–water partition coefficient (Wildman–Crippen LogP) is 1.18. The molecule has 0 radical (unpaired) electrons. The lowest BCUT2D eigenvalue weighted by molar-refractivity contribution is -0.119. The summed E-state index contributed by atoms with van der Waals surface area (Å²) in [7, 11) is 0. The highest BCUT2D eigenvalue weighted by Crippen LogP contribution is 2.27. The molecule has 1 aliphatic rings. The molecule has 1 fully saturated rings. The van der Waals surface area contributed by atoms with Gasteiger partial charge >= 0.3 is 0 Å². The van der Waals surface area contributed by atoms with Gasteiger partial charge in [0.15, 0.2) is 5.82 Å². The summed E-state index contributed by atoms with van der Waals surface area (Å²) in [6.45, 7) is 0.748. The summed E-state index contributed by atoms with van der Waals surface area (Å²) in [5, 5.41) is 0. The van der Waals surface area contributed by atoms with Gasteiger partial charge in [-0.25, -0.2) is 9.97 Å². The second kappa shape index (κ2) is 5.40. The summed E-state index contributed by atoms with van der Waals surface area (Å²) in [6, 6.07) is 11.0. The highest BCUT2D eigenvalue weighted by molar-refractivity contribution is 5.84. The number of nitrogens with two attached hydrogens (primary N) is 2. The van der Waals surface area contributed by atoms with E-state index in [2.05, 4.69) is 9.97 Å². The van der Waals surface area contributed by atoms with Crippen LogP contribution in [0.15, 0.2) is 36.4 Å². The van der Waals surface area contributed by atoms with Crippen LogP contribution in [0.4, 0.5) is 11.6 Å². The van der Waals surface area contributed by atoms with Crippen LogP contribution in [0.3, 0.4) is 0 Å². The Morgan fingerprint density at radius 2 is 2.00 bits per heavy atom. The lowest BCUT2D eigenvalue weighted by Crippen LogP contribution is -2.40. The van der Waals surface area contributed by atoms with E-state index in [9.17, 15) is 4.79 Å². The maximum atomic E-state index is 11.5. The zero-order valence-electron chi connectivity index (χ0n) is 11.6. The van der Waals surface area contributed by atoms with Gasteiger partial charge in [-0.15, -0.1) is 0 Å². The molecular formula is C15H17N5O. The number of rotatable bonds is 3. The second-order valence-electron chi connectivity index (χ2n) is 5.09. The van der Waals surface area contributed by atoms with Crippen LogP contribution >= 0.6 is 0 Å². The van der Waals surface area contributed by atoms with Crippen LogP contribution in [0, 0.1) is 0 Å². The summed E-state index contributed by atoms with van der Waals surface area (Å²) < 4.78 is 0. The highest BCUT2D eigenvalue weighted by Gasteiger charge is 2.30. The number of hydrogen-bond donors (Lipinski definition) is 2. The van der Waals surface area contributed by atoms with E-state index in [1.54, 1.807) is 6.07 Å². The van der Waals surface area contributed by atoms with Gasteiger partial charge < -0.3 is 16.4 Å². The topological polar surface area (TPSA) is 98.1 Å². The third-order valence-electron chi connectivity index (χ3n) is 3.64. The Kier molecular flexibility index (Phi) is 3.43. The first-order chi connectivity index (χ1) is 10.1. The van der Waals surface area contributed by atoms with Gasteiger partial charge in [0.05, 0.1) is 0 Å². The molecule has 0 spiro atoms. The molecular weight excluding hydrogens is 266 g/mol. The first-order valence-corrected chi connectivity index (χ1v) is 6.91. The minimum atomic E-state index is -0.328. The van der Waals surface area contributed by atoms with E-state index in [0.29, 0.717) is 17.5 Å². The van der Waals surface area contributed by atoms with Gasteiger partial charge in [-0.05, 0) is 12.8 Å². The van der Waals surface area contributed by atoms with E-state index in [4.69, 9.17) is 11.5 Å². The number of aromatic nitrogens is 2. The van der Waals surface area contributed by atoms with Gasteiger partial charge in [0, 0.05) is 18.2 Å². The predicted molar refractivity (Wildman–Crippen MR) is 81.4 cm³/mol. The van der Waals surface area contributed by atoms with Crippen molar-refractivity contribution >= 4 is 17.5 Å². The number of primary amides is 1. The molecule has 21 heavy (non-hydrogen) atoms. The molecule has 1 amide bonds. The van der Waals surface area contributed by atoms with Crippen molar-refractivity contribution in [2.24, 2.45) is 5.73 Å². The quantitative estimate of drug-likeness (QED) is 0.881. The molecule has 1 unspecified atom stereocenters. The van der Waals surface area contributed by atoms with E-state index < -0.39 is 0 Å². The van der Waals surface area contributed by atoms with Gasteiger partial charge in [-0.1, -0.05) is 30.3 Å². The standard InChI is InChI=1S/C15H17N5O/c16-12-9-13(20-8-4-7-11(20)14(17)21)19-15(18-12)10-5-2-1-3-6-10/h1-3,5-6,9,11H,4,7-8H2,(H2,17,21)(H2,16,18,19). The summed E-state index contributed by atoms with van der Waals surface area (Å²) in [5.41, 5.74) is 12.2. The van der Waals surface area contributed by atoms with Crippen LogP contribution in [-0.2, 0) is 4.79 Å².